The zero-order chi connectivity index (χ0) is 20.7. The first kappa shape index (κ1) is 19.6. The average Bonchev–Trinajstić information content (AvgIpc) is 3.31. The molecule has 2 aromatic heterocycles. The summed E-state index contributed by atoms with van der Waals surface area (Å²) in [6, 6.07) is 0. The van der Waals surface area contributed by atoms with Gasteiger partial charge in [0.1, 0.15) is 15.5 Å². The van der Waals surface area contributed by atoms with Crippen molar-refractivity contribution in [2.24, 2.45) is 11.7 Å². The number of ether oxygens (including phenoxy) is 1. The number of rotatable bonds is 4. The van der Waals surface area contributed by atoms with Gasteiger partial charge < -0.3 is 15.4 Å². The largest absolute Gasteiger partial charge is 0.451 e. The quantitative estimate of drug-likeness (QED) is 0.725. The van der Waals surface area contributed by atoms with E-state index in [4.69, 9.17) is 10.5 Å². The van der Waals surface area contributed by atoms with E-state index >= 15 is 0 Å². The van der Waals surface area contributed by atoms with Crippen molar-refractivity contribution in [2.45, 2.75) is 39.2 Å². The molecule has 154 valence electrons. The molecule has 1 fully saturated rings. The molecular formula is C19H22N4O5S. The molecule has 0 aliphatic carbocycles. The first-order chi connectivity index (χ1) is 13.9. The van der Waals surface area contributed by atoms with Crippen LogP contribution < -0.4 is 11.3 Å². The number of likely N-dealkylation sites (tertiary alicyclic amines) is 1. The highest BCUT2D eigenvalue weighted by atomic mass is 32.1. The van der Waals surface area contributed by atoms with Crippen LogP contribution in [0.3, 0.4) is 0 Å². The lowest BCUT2D eigenvalue weighted by atomic mass is 9.97. The normalized spacial score (nSPS) is 18.7. The molecule has 0 unspecified atom stereocenters. The molecule has 2 aromatic rings. The number of esters is 1. The van der Waals surface area contributed by atoms with Crippen LogP contribution in [0, 0.1) is 12.8 Å². The number of nitrogens with two attached hydrogens (primary N) is 1. The van der Waals surface area contributed by atoms with Gasteiger partial charge in [0.05, 0.1) is 11.3 Å². The Bertz CT molecular complexity index is 1070. The fourth-order valence-corrected chi connectivity index (χ4v) is 5.07. The Balaban J connectivity index is 1.48. The monoisotopic (exact) mass is 418 g/mol. The standard InChI is InChI=1S/C19H22N4O5S/c1-10-14-17(21-12-5-3-7-23(12)18(14)26)29-15(10)19(27)28-9-13(24)22-6-2-4-11(8-22)16(20)25/h11H,2-9H2,1H3,(H2,20,25)/t11-/m0/s1. The smallest absolute Gasteiger partial charge is 0.349 e. The number of fused-ring (bicyclic) bond motifs is 2. The highest BCUT2D eigenvalue weighted by Crippen LogP contribution is 2.29. The fourth-order valence-electron chi connectivity index (χ4n) is 3.99. The summed E-state index contributed by atoms with van der Waals surface area (Å²) >= 11 is 1.12. The van der Waals surface area contributed by atoms with Gasteiger partial charge in [-0.25, -0.2) is 9.78 Å². The maximum Gasteiger partial charge on any atom is 0.349 e. The second-order valence-electron chi connectivity index (χ2n) is 7.48. The fraction of sp³-hybridized carbons (Fsp3) is 0.526. The van der Waals surface area contributed by atoms with E-state index in [0.717, 1.165) is 30.0 Å². The highest BCUT2D eigenvalue weighted by molar-refractivity contribution is 7.20. The Hall–Kier alpha value is -2.75. The number of thiophene rings is 1. The molecule has 9 nitrogen and oxygen atoms in total. The summed E-state index contributed by atoms with van der Waals surface area (Å²) in [4.78, 5) is 55.9. The van der Waals surface area contributed by atoms with Gasteiger partial charge in [0.25, 0.3) is 11.5 Å². The number of amides is 2. The lowest BCUT2D eigenvalue weighted by Gasteiger charge is -2.31. The molecule has 2 amide bonds. The van der Waals surface area contributed by atoms with E-state index in [2.05, 4.69) is 4.98 Å². The van der Waals surface area contributed by atoms with Gasteiger partial charge in [-0.3, -0.25) is 19.0 Å². The van der Waals surface area contributed by atoms with Crippen LogP contribution in [0.25, 0.3) is 10.2 Å². The summed E-state index contributed by atoms with van der Waals surface area (Å²) in [6.45, 7) is 2.68. The molecule has 10 heteroatoms. The van der Waals surface area contributed by atoms with Gasteiger partial charge in [-0.2, -0.15) is 0 Å². The molecule has 0 aromatic carbocycles. The predicted octanol–water partition coefficient (Wildman–Crippen LogP) is 0.593. The van der Waals surface area contributed by atoms with Crippen LogP contribution >= 0.6 is 11.3 Å². The minimum atomic E-state index is -0.646. The molecule has 29 heavy (non-hydrogen) atoms. The molecule has 1 saturated heterocycles. The number of hydrogen-bond acceptors (Lipinski definition) is 7. The maximum atomic E-state index is 12.7. The van der Waals surface area contributed by atoms with Gasteiger partial charge in [-0.05, 0) is 31.7 Å². The van der Waals surface area contributed by atoms with Crippen LogP contribution in [-0.4, -0.2) is 51.9 Å². The van der Waals surface area contributed by atoms with Crippen LogP contribution in [0.5, 0.6) is 0 Å². The Labute approximate surface area is 170 Å². The molecule has 0 spiro atoms. The molecule has 0 radical (unpaired) electrons. The van der Waals surface area contributed by atoms with E-state index in [1.165, 1.54) is 4.90 Å². The molecule has 2 N–H and O–H groups in total. The van der Waals surface area contributed by atoms with Gasteiger partial charge in [0, 0.05) is 26.1 Å². The van der Waals surface area contributed by atoms with Crippen molar-refractivity contribution in [2.75, 3.05) is 19.7 Å². The van der Waals surface area contributed by atoms with Gasteiger partial charge in [-0.15, -0.1) is 11.3 Å². The second-order valence-corrected chi connectivity index (χ2v) is 8.48. The minimum absolute atomic E-state index is 0.128. The number of primary amides is 1. The maximum absolute atomic E-state index is 12.7. The van der Waals surface area contributed by atoms with E-state index < -0.39 is 18.5 Å². The Morgan fingerprint density at radius 1 is 1.28 bits per heavy atom. The Morgan fingerprint density at radius 2 is 2.07 bits per heavy atom. The van der Waals surface area contributed by atoms with E-state index in [1.807, 2.05) is 0 Å². The molecule has 1 atom stereocenters. The van der Waals surface area contributed by atoms with E-state index in [0.29, 0.717) is 41.7 Å². The van der Waals surface area contributed by atoms with E-state index in [1.54, 1.807) is 11.5 Å². The molecular weight excluding hydrogens is 396 g/mol. The first-order valence-electron chi connectivity index (χ1n) is 9.64. The lowest BCUT2D eigenvalue weighted by molar-refractivity contribution is -0.137. The summed E-state index contributed by atoms with van der Waals surface area (Å²) in [7, 11) is 0. The predicted molar refractivity (Wildman–Crippen MR) is 106 cm³/mol. The number of carbonyl (C=O) groups is 3. The molecule has 0 bridgehead atoms. The topological polar surface area (TPSA) is 125 Å². The number of aryl methyl sites for hydroxylation is 2. The van der Waals surface area contributed by atoms with Crippen LogP contribution in [0.2, 0.25) is 0 Å². The second kappa shape index (κ2) is 7.58. The Kier molecular flexibility index (Phi) is 5.12. The van der Waals surface area contributed by atoms with Crippen molar-refractivity contribution in [3.8, 4) is 0 Å². The average molecular weight is 418 g/mol. The number of nitrogens with zero attached hydrogens (tertiary/aromatic N) is 3. The summed E-state index contributed by atoms with van der Waals surface area (Å²) in [5.74, 6) is -1.06. The molecule has 2 aliphatic rings. The van der Waals surface area contributed by atoms with Crippen LogP contribution in [0.1, 0.15) is 40.3 Å². The third-order valence-corrected chi connectivity index (χ3v) is 6.77. The summed E-state index contributed by atoms with van der Waals surface area (Å²) in [5.41, 5.74) is 5.74. The van der Waals surface area contributed by atoms with Gasteiger partial charge in [0.2, 0.25) is 5.91 Å². The van der Waals surface area contributed by atoms with Crippen LogP contribution in [-0.2, 0) is 27.3 Å². The van der Waals surface area contributed by atoms with Crippen molar-refractivity contribution in [3.63, 3.8) is 0 Å². The van der Waals surface area contributed by atoms with Crippen molar-refractivity contribution < 1.29 is 19.1 Å². The summed E-state index contributed by atoms with van der Waals surface area (Å²) < 4.78 is 6.88. The third kappa shape index (κ3) is 3.52. The highest BCUT2D eigenvalue weighted by Gasteiger charge is 2.28. The van der Waals surface area contributed by atoms with Gasteiger partial charge in [-0.1, -0.05) is 0 Å². The van der Waals surface area contributed by atoms with Crippen molar-refractivity contribution >= 4 is 39.3 Å². The number of carbonyl (C=O) groups excluding carboxylic acids is 3. The van der Waals surface area contributed by atoms with Gasteiger partial charge in [0.15, 0.2) is 6.61 Å². The lowest BCUT2D eigenvalue weighted by Crippen LogP contribution is -2.45. The first-order valence-corrected chi connectivity index (χ1v) is 10.5. The van der Waals surface area contributed by atoms with E-state index in [9.17, 15) is 19.2 Å². The zero-order valence-electron chi connectivity index (χ0n) is 16.1. The Morgan fingerprint density at radius 3 is 2.83 bits per heavy atom. The molecule has 4 heterocycles. The minimum Gasteiger partial charge on any atom is -0.451 e. The van der Waals surface area contributed by atoms with Crippen LogP contribution in [0.4, 0.5) is 0 Å². The molecule has 4 rings (SSSR count). The number of hydrogen-bond donors (Lipinski definition) is 1. The van der Waals surface area contributed by atoms with Crippen molar-refractivity contribution in [3.05, 3.63) is 26.6 Å². The summed E-state index contributed by atoms with van der Waals surface area (Å²) in [6.07, 6.45) is 2.98. The molecule has 0 saturated carbocycles. The zero-order valence-corrected chi connectivity index (χ0v) is 16.9. The van der Waals surface area contributed by atoms with E-state index in [-0.39, 0.29) is 28.8 Å². The molecule has 2 aliphatic heterocycles. The number of aromatic nitrogens is 2. The third-order valence-electron chi connectivity index (χ3n) is 5.60. The van der Waals surface area contributed by atoms with Crippen molar-refractivity contribution in [1.29, 1.82) is 0 Å². The van der Waals surface area contributed by atoms with Crippen LogP contribution in [0.15, 0.2) is 4.79 Å². The SMILES string of the molecule is Cc1c(C(=O)OCC(=O)N2CCC[C@H](C(N)=O)C2)sc2nc3n(c(=O)c12)CCC3. The van der Waals surface area contributed by atoms with Gasteiger partial charge >= 0.3 is 5.97 Å². The van der Waals surface area contributed by atoms with Crippen molar-refractivity contribution in [1.82, 2.24) is 14.5 Å². The number of piperidine rings is 1. The summed E-state index contributed by atoms with van der Waals surface area (Å²) in [5, 5.41) is 0.444.